The zero-order valence-corrected chi connectivity index (χ0v) is 9.64. The van der Waals surface area contributed by atoms with Crippen LogP contribution in [0.2, 0.25) is 0 Å². The first-order chi connectivity index (χ1) is 7.33. The molecule has 1 heterocycles. The number of carbonyl (C=O) groups excluding carboxylic acids is 1. The molecule has 2 amide bonds. The summed E-state index contributed by atoms with van der Waals surface area (Å²) in [5.74, 6) is 0.741. The molecular formula is C11H23N3O. The van der Waals surface area contributed by atoms with E-state index in [1.165, 1.54) is 12.8 Å². The molecule has 1 rings (SSSR count). The number of piperidine rings is 1. The molecule has 1 atom stereocenters. The molecule has 1 aliphatic heterocycles. The van der Waals surface area contributed by atoms with E-state index in [0.29, 0.717) is 0 Å². The smallest absolute Gasteiger partial charge is 0.314 e. The molecule has 3 N–H and O–H groups in total. The van der Waals surface area contributed by atoms with Crippen LogP contribution in [0.25, 0.3) is 0 Å². The third kappa shape index (κ3) is 5.62. The second-order valence-electron chi connectivity index (χ2n) is 4.18. The van der Waals surface area contributed by atoms with Gasteiger partial charge in [0.2, 0.25) is 0 Å². The Morgan fingerprint density at radius 2 is 2.20 bits per heavy atom. The molecule has 0 radical (unpaired) electrons. The van der Waals surface area contributed by atoms with Gasteiger partial charge in [0.05, 0.1) is 0 Å². The van der Waals surface area contributed by atoms with Gasteiger partial charge < -0.3 is 16.0 Å². The number of amides is 2. The molecule has 1 aliphatic rings. The Balaban J connectivity index is 1.97. The number of carbonyl (C=O) groups is 1. The van der Waals surface area contributed by atoms with Crippen molar-refractivity contribution in [2.45, 2.75) is 32.6 Å². The summed E-state index contributed by atoms with van der Waals surface area (Å²) in [4.78, 5) is 11.2. The summed E-state index contributed by atoms with van der Waals surface area (Å²) in [6.45, 7) is 5.87. The summed E-state index contributed by atoms with van der Waals surface area (Å²) in [5, 5.41) is 9.07. The van der Waals surface area contributed by atoms with Gasteiger partial charge in [-0.3, -0.25) is 0 Å². The fraction of sp³-hybridized carbons (Fsp3) is 0.909. The third-order valence-corrected chi connectivity index (χ3v) is 2.77. The standard InChI is InChI=1S/C11H23N3O/c1-2-6-13-11(15)14-8-5-10-4-3-7-12-9-10/h10,12H,2-9H2,1H3,(H2,13,14,15). The predicted molar refractivity (Wildman–Crippen MR) is 61.9 cm³/mol. The largest absolute Gasteiger partial charge is 0.338 e. The van der Waals surface area contributed by atoms with Gasteiger partial charge in [-0.05, 0) is 44.7 Å². The molecule has 4 nitrogen and oxygen atoms in total. The van der Waals surface area contributed by atoms with Crippen LogP contribution in [-0.4, -0.2) is 32.2 Å². The van der Waals surface area contributed by atoms with E-state index in [4.69, 9.17) is 0 Å². The van der Waals surface area contributed by atoms with Crippen molar-refractivity contribution >= 4 is 6.03 Å². The lowest BCUT2D eigenvalue weighted by atomic mass is 9.96. The van der Waals surface area contributed by atoms with Gasteiger partial charge in [0.25, 0.3) is 0 Å². The van der Waals surface area contributed by atoms with Crippen LogP contribution in [0.5, 0.6) is 0 Å². The molecule has 4 heteroatoms. The first-order valence-electron chi connectivity index (χ1n) is 6.05. The third-order valence-electron chi connectivity index (χ3n) is 2.77. The Kier molecular flexibility index (Phi) is 6.16. The lowest BCUT2D eigenvalue weighted by Crippen LogP contribution is -2.38. The monoisotopic (exact) mass is 213 g/mol. The second-order valence-corrected chi connectivity index (χ2v) is 4.18. The summed E-state index contributed by atoms with van der Waals surface area (Å²) in [6.07, 6.45) is 4.64. The number of rotatable bonds is 5. The van der Waals surface area contributed by atoms with Gasteiger partial charge >= 0.3 is 6.03 Å². The zero-order valence-electron chi connectivity index (χ0n) is 9.64. The van der Waals surface area contributed by atoms with E-state index in [0.717, 1.165) is 44.9 Å². The van der Waals surface area contributed by atoms with Gasteiger partial charge in [-0.1, -0.05) is 6.92 Å². The molecule has 0 saturated carbocycles. The number of hydrogen-bond acceptors (Lipinski definition) is 2. The van der Waals surface area contributed by atoms with Crippen LogP contribution in [0, 0.1) is 5.92 Å². The fourth-order valence-corrected chi connectivity index (χ4v) is 1.86. The molecule has 88 valence electrons. The Hall–Kier alpha value is -0.770. The summed E-state index contributed by atoms with van der Waals surface area (Å²) >= 11 is 0. The van der Waals surface area contributed by atoms with Crippen LogP contribution in [0.4, 0.5) is 4.79 Å². The molecule has 1 saturated heterocycles. The van der Waals surface area contributed by atoms with E-state index >= 15 is 0 Å². The lowest BCUT2D eigenvalue weighted by molar-refractivity contribution is 0.239. The number of hydrogen-bond donors (Lipinski definition) is 3. The predicted octanol–water partition coefficient (Wildman–Crippen LogP) is 1.09. The molecular weight excluding hydrogens is 190 g/mol. The molecule has 0 bridgehead atoms. The van der Waals surface area contributed by atoms with Crippen molar-refractivity contribution in [3.63, 3.8) is 0 Å². The molecule has 0 aliphatic carbocycles. The Morgan fingerprint density at radius 3 is 2.87 bits per heavy atom. The Labute approximate surface area is 92.2 Å². The second kappa shape index (κ2) is 7.51. The Bertz CT molecular complexity index is 179. The van der Waals surface area contributed by atoms with E-state index in [1.807, 2.05) is 6.92 Å². The van der Waals surface area contributed by atoms with Crippen LogP contribution < -0.4 is 16.0 Å². The fourth-order valence-electron chi connectivity index (χ4n) is 1.86. The maximum atomic E-state index is 11.2. The molecule has 0 spiro atoms. The Morgan fingerprint density at radius 1 is 1.40 bits per heavy atom. The van der Waals surface area contributed by atoms with Gasteiger partial charge in [-0.25, -0.2) is 4.79 Å². The van der Waals surface area contributed by atoms with Crippen molar-refractivity contribution in [3.05, 3.63) is 0 Å². The van der Waals surface area contributed by atoms with Crippen molar-refractivity contribution in [2.24, 2.45) is 5.92 Å². The lowest BCUT2D eigenvalue weighted by Gasteiger charge is -2.22. The van der Waals surface area contributed by atoms with Crippen molar-refractivity contribution in [2.75, 3.05) is 26.2 Å². The molecule has 15 heavy (non-hydrogen) atoms. The van der Waals surface area contributed by atoms with Gasteiger partial charge in [-0.15, -0.1) is 0 Å². The van der Waals surface area contributed by atoms with Crippen molar-refractivity contribution in [3.8, 4) is 0 Å². The molecule has 0 aromatic heterocycles. The summed E-state index contributed by atoms with van der Waals surface area (Å²) in [5.41, 5.74) is 0. The van der Waals surface area contributed by atoms with Gasteiger partial charge in [0, 0.05) is 13.1 Å². The first kappa shape index (κ1) is 12.3. The minimum Gasteiger partial charge on any atom is -0.338 e. The quantitative estimate of drug-likeness (QED) is 0.640. The number of nitrogens with one attached hydrogen (secondary N) is 3. The van der Waals surface area contributed by atoms with Crippen molar-refractivity contribution < 1.29 is 4.79 Å². The van der Waals surface area contributed by atoms with E-state index in [-0.39, 0.29) is 6.03 Å². The zero-order chi connectivity index (χ0) is 10.9. The van der Waals surface area contributed by atoms with Gasteiger partial charge in [-0.2, -0.15) is 0 Å². The van der Waals surface area contributed by atoms with Gasteiger partial charge in [0.15, 0.2) is 0 Å². The SMILES string of the molecule is CCCNC(=O)NCCC1CCCNC1. The minimum atomic E-state index is -0.0272. The van der Waals surface area contributed by atoms with Crippen LogP contribution in [0.3, 0.4) is 0 Å². The van der Waals surface area contributed by atoms with Crippen LogP contribution >= 0.6 is 0 Å². The van der Waals surface area contributed by atoms with Crippen LogP contribution in [-0.2, 0) is 0 Å². The maximum absolute atomic E-state index is 11.2. The van der Waals surface area contributed by atoms with Crippen LogP contribution in [0.15, 0.2) is 0 Å². The summed E-state index contributed by atoms with van der Waals surface area (Å²) in [7, 11) is 0. The number of urea groups is 1. The molecule has 1 fully saturated rings. The molecule has 1 unspecified atom stereocenters. The average Bonchev–Trinajstić information content (AvgIpc) is 2.28. The first-order valence-corrected chi connectivity index (χ1v) is 6.05. The van der Waals surface area contributed by atoms with Crippen molar-refractivity contribution in [1.29, 1.82) is 0 Å². The minimum absolute atomic E-state index is 0.0272. The highest BCUT2D eigenvalue weighted by Gasteiger charge is 2.12. The highest BCUT2D eigenvalue weighted by atomic mass is 16.2. The molecule has 0 aromatic rings. The molecule has 0 aromatic carbocycles. The van der Waals surface area contributed by atoms with E-state index in [9.17, 15) is 4.79 Å². The van der Waals surface area contributed by atoms with E-state index in [1.54, 1.807) is 0 Å². The van der Waals surface area contributed by atoms with Crippen LogP contribution in [0.1, 0.15) is 32.6 Å². The summed E-state index contributed by atoms with van der Waals surface area (Å²) < 4.78 is 0. The highest BCUT2D eigenvalue weighted by Crippen LogP contribution is 2.12. The summed E-state index contributed by atoms with van der Waals surface area (Å²) in [6, 6.07) is -0.0272. The highest BCUT2D eigenvalue weighted by molar-refractivity contribution is 5.73. The van der Waals surface area contributed by atoms with E-state index in [2.05, 4.69) is 16.0 Å². The average molecular weight is 213 g/mol. The van der Waals surface area contributed by atoms with Crippen molar-refractivity contribution in [1.82, 2.24) is 16.0 Å². The van der Waals surface area contributed by atoms with E-state index < -0.39 is 0 Å². The normalized spacial score (nSPS) is 21.0. The topological polar surface area (TPSA) is 53.2 Å². The van der Waals surface area contributed by atoms with Gasteiger partial charge in [0.1, 0.15) is 0 Å². The maximum Gasteiger partial charge on any atom is 0.314 e.